The molecule has 5 nitrogen and oxygen atoms in total. The van der Waals surface area contributed by atoms with E-state index < -0.39 is 30.7 Å². The number of urea groups is 1. The van der Waals surface area contributed by atoms with Crippen LogP contribution in [0.25, 0.3) is 0 Å². The summed E-state index contributed by atoms with van der Waals surface area (Å²) in [5.41, 5.74) is -1.59. The van der Waals surface area contributed by atoms with Gasteiger partial charge in [0.1, 0.15) is 5.15 Å². The van der Waals surface area contributed by atoms with Crippen LogP contribution in [0.4, 0.5) is 23.7 Å². The molecule has 22 heavy (non-hydrogen) atoms. The molecule has 0 radical (unpaired) electrons. The molecular formula is C13H15ClF3N3O2. The van der Waals surface area contributed by atoms with Crippen molar-refractivity contribution in [3.05, 3.63) is 23.0 Å². The number of hydrogen-bond donors (Lipinski definition) is 2. The van der Waals surface area contributed by atoms with Gasteiger partial charge in [0.05, 0.1) is 11.9 Å². The molecule has 1 fully saturated rings. The first-order valence-corrected chi connectivity index (χ1v) is 6.97. The van der Waals surface area contributed by atoms with E-state index >= 15 is 0 Å². The Balaban J connectivity index is 1.98. The second-order valence-electron chi connectivity index (χ2n) is 5.27. The van der Waals surface area contributed by atoms with E-state index in [2.05, 4.69) is 10.3 Å². The van der Waals surface area contributed by atoms with Gasteiger partial charge in [-0.3, -0.25) is 0 Å². The predicted octanol–water partition coefficient (Wildman–Crippen LogP) is 2.96. The number of aromatic nitrogens is 1. The summed E-state index contributed by atoms with van der Waals surface area (Å²) in [6.07, 6.45) is -4.39. The van der Waals surface area contributed by atoms with Gasteiger partial charge < -0.3 is 15.3 Å². The van der Waals surface area contributed by atoms with E-state index in [1.807, 2.05) is 0 Å². The molecule has 2 N–H and O–H groups in total. The van der Waals surface area contributed by atoms with Crippen molar-refractivity contribution >= 4 is 23.3 Å². The highest BCUT2D eigenvalue weighted by Gasteiger charge is 2.54. The first-order valence-electron chi connectivity index (χ1n) is 6.59. The quantitative estimate of drug-likeness (QED) is 0.774. The Morgan fingerprint density at radius 2 is 2.05 bits per heavy atom. The highest BCUT2D eigenvalue weighted by molar-refractivity contribution is 6.29. The summed E-state index contributed by atoms with van der Waals surface area (Å²) in [4.78, 5) is 17.1. The maximum Gasteiger partial charge on any atom is 0.417 e. The Kier molecular flexibility index (Phi) is 4.53. The fourth-order valence-corrected chi connectivity index (χ4v) is 2.42. The first kappa shape index (κ1) is 16.8. The minimum absolute atomic E-state index is 0.179. The Hall–Kier alpha value is -1.54. The molecule has 2 rings (SSSR count). The molecule has 0 aliphatic carbocycles. The van der Waals surface area contributed by atoms with E-state index in [4.69, 9.17) is 11.6 Å². The van der Waals surface area contributed by atoms with E-state index in [-0.39, 0.29) is 18.2 Å². The topological polar surface area (TPSA) is 65.5 Å². The first-order chi connectivity index (χ1) is 10.1. The molecular weight excluding hydrogens is 323 g/mol. The summed E-state index contributed by atoms with van der Waals surface area (Å²) in [6.45, 7) is 1.37. The smallest absolute Gasteiger partial charge is 0.380 e. The molecule has 0 unspecified atom stereocenters. The van der Waals surface area contributed by atoms with Crippen molar-refractivity contribution < 1.29 is 23.1 Å². The van der Waals surface area contributed by atoms with E-state index in [9.17, 15) is 23.1 Å². The third kappa shape index (κ3) is 3.44. The van der Waals surface area contributed by atoms with Crippen LogP contribution in [0, 0.1) is 6.92 Å². The highest BCUT2D eigenvalue weighted by atomic mass is 35.5. The van der Waals surface area contributed by atoms with E-state index in [1.165, 1.54) is 11.1 Å². The summed E-state index contributed by atoms with van der Waals surface area (Å²) in [6, 6.07) is 1.03. The molecule has 0 spiro atoms. The van der Waals surface area contributed by atoms with Crippen LogP contribution in [0.3, 0.4) is 0 Å². The normalized spacial score (nSPS) is 18.2. The number of pyridine rings is 1. The molecule has 2 heterocycles. The van der Waals surface area contributed by atoms with Crippen LogP contribution >= 0.6 is 11.6 Å². The molecule has 1 aromatic heterocycles. The molecule has 9 heteroatoms. The van der Waals surface area contributed by atoms with Crippen molar-refractivity contribution in [1.82, 2.24) is 9.88 Å². The number of aliphatic hydroxyl groups is 1. The van der Waals surface area contributed by atoms with Gasteiger partial charge in [-0.05, 0) is 18.6 Å². The lowest BCUT2D eigenvalue weighted by Gasteiger charge is -2.39. The molecule has 0 aromatic carbocycles. The number of anilines is 1. The lowest BCUT2D eigenvalue weighted by molar-refractivity contribution is -0.271. The van der Waals surface area contributed by atoms with Crippen molar-refractivity contribution in [2.75, 3.05) is 18.4 Å². The zero-order valence-corrected chi connectivity index (χ0v) is 12.5. The van der Waals surface area contributed by atoms with E-state index in [0.717, 1.165) is 0 Å². The highest BCUT2D eigenvalue weighted by Crippen LogP contribution is 2.38. The minimum atomic E-state index is -4.69. The van der Waals surface area contributed by atoms with Crippen molar-refractivity contribution in [2.45, 2.75) is 31.5 Å². The van der Waals surface area contributed by atoms with Crippen LogP contribution < -0.4 is 5.32 Å². The van der Waals surface area contributed by atoms with E-state index in [0.29, 0.717) is 11.3 Å². The van der Waals surface area contributed by atoms with Crippen LogP contribution in [-0.2, 0) is 0 Å². The molecule has 2 amide bonds. The number of carbonyl (C=O) groups excluding carboxylic acids is 1. The number of rotatable bonds is 1. The van der Waals surface area contributed by atoms with Crippen molar-refractivity contribution in [3.8, 4) is 0 Å². The van der Waals surface area contributed by atoms with E-state index in [1.54, 1.807) is 13.0 Å². The Morgan fingerprint density at radius 3 is 2.55 bits per heavy atom. The number of carbonyl (C=O) groups is 1. The number of halogens is 4. The lowest BCUT2D eigenvalue weighted by Crippen LogP contribution is -2.55. The third-order valence-corrected chi connectivity index (χ3v) is 3.93. The fraction of sp³-hybridized carbons (Fsp3) is 0.538. The minimum Gasteiger partial charge on any atom is -0.380 e. The Bertz CT molecular complexity index is 572. The molecule has 0 atom stereocenters. The molecule has 1 saturated heterocycles. The Labute approximate surface area is 130 Å². The maximum atomic E-state index is 12.7. The molecule has 1 aliphatic rings. The fourth-order valence-electron chi connectivity index (χ4n) is 2.21. The van der Waals surface area contributed by atoms with Crippen LogP contribution in [0.1, 0.15) is 18.4 Å². The third-order valence-electron chi connectivity index (χ3n) is 3.72. The lowest BCUT2D eigenvalue weighted by atomic mass is 9.91. The maximum absolute atomic E-state index is 12.7. The van der Waals surface area contributed by atoms with Gasteiger partial charge in [-0.2, -0.15) is 13.2 Å². The number of nitrogens with zero attached hydrogens (tertiary/aromatic N) is 2. The molecule has 1 aromatic rings. The number of alkyl halides is 3. The second kappa shape index (κ2) is 5.92. The van der Waals surface area contributed by atoms with Gasteiger partial charge in [0, 0.05) is 25.9 Å². The van der Waals surface area contributed by atoms with Crippen molar-refractivity contribution in [2.24, 2.45) is 0 Å². The second-order valence-corrected chi connectivity index (χ2v) is 5.66. The SMILES string of the molecule is Cc1cc(Cl)ncc1NC(=O)N1CCC(O)(C(F)(F)F)CC1. The number of likely N-dealkylation sites (tertiary alicyclic amines) is 1. The van der Waals surface area contributed by atoms with Crippen LogP contribution in [0.2, 0.25) is 5.15 Å². The molecule has 0 saturated carbocycles. The van der Waals surface area contributed by atoms with Crippen LogP contribution in [-0.4, -0.2) is 45.9 Å². The van der Waals surface area contributed by atoms with Gasteiger partial charge in [-0.15, -0.1) is 0 Å². The van der Waals surface area contributed by atoms with Gasteiger partial charge in [0.15, 0.2) is 5.60 Å². The summed E-state index contributed by atoms with van der Waals surface area (Å²) in [5, 5.41) is 12.4. The standard InChI is InChI=1S/C13H15ClF3N3O2/c1-8-6-10(14)18-7-9(8)19-11(21)20-4-2-12(22,3-5-20)13(15,16)17/h6-7,22H,2-5H2,1H3,(H,19,21). The Morgan fingerprint density at radius 1 is 1.45 bits per heavy atom. The summed E-state index contributed by atoms with van der Waals surface area (Å²) < 4.78 is 38.1. The number of piperidine rings is 1. The summed E-state index contributed by atoms with van der Waals surface area (Å²) >= 11 is 5.71. The van der Waals surface area contributed by atoms with Gasteiger partial charge in [0.25, 0.3) is 0 Å². The summed E-state index contributed by atoms with van der Waals surface area (Å²) in [7, 11) is 0. The number of hydrogen-bond acceptors (Lipinski definition) is 3. The predicted molar refractivity (Wildman–Crippen MR) is 74.8 cm³/mol. The van der Waals surface area contributed by atoms with Crippen LogP contribution in [0.15, 0.2) is 12.3 Å². The average molecular weight is 338 g/mol. The molecule has 1 aliphatic heterocycles. The number of nitrogens with one attached hydrogen (secondary N) is 1. The van der Waals surface area contributed by atoms with Gasteiger partial charge >= 0.3 is 12.2 Å². The van der Waals surface area contributed by atoms with Crippen LogP contribution in [0.5, 0.6) is 0 Å². The summed E-state index contributed by atoms with van der Waals surface area (Å²) in [5.74, 6) is 0. The molecule has 122 valence electrons. The van der Waals surface area contributed by atoms with Gasteiger partial charge in [0.2, 0.25) is 0 Å². The van der Waals surface area contributed by atoms with Crippen molar-refractivity contribution in [3.63, 3.8) is 0 Å². The largest absolute Gasteiger partial charge is 0.417 e. The zero-order chi connectivity index (χ0) is 16.5. The van der Waals surface area contributed by atoms with Crippen molar-refractivity contribution in [1.29, 1.82) is 0 Å². The zero-order valence-electron chi connectivity index (χ0n) is 11.7. The number of aryl methyl sites for hydroxylation is 1. The monoisotopic (exact) mass is 337 g/mol. The van der Waals surface area contributed by atoms with Gasteiger partial charge in [-0.25, -0.2) is 9.78 Å². The number of amides is 2. The van der Waals surface area contributed by atoms with Gasteiger partial charge in [-0.1, -0.05) is 11.6 Å². The molecule has 0 bridgehead atoms. The average Bonchev–Trinajstić information content (AvgIpc) is 2.41.